The fourth-order valence-electron chi connectivity index (χ4n) is 2.21. The highest BCUT2D eigenvalue weighted by Gasteiger charge is 2.27. The van der Waals surface area contributed by atoms with Crippen molar-refractivity contribution < 1.29 is 13.2 Å². The van der Waals surface area contributed by atoms with Gasteiger partial charge in [-0.1, -0.05) is 12.2 Å². The van der Waals surface area contributed by atoms with E-state index >= 15 is 0 Å². The van der Waals surface area contributed by atoms with E-state index in [-0.39, 0.29) is 29.9 Å². The van der Waals surface area contributed by atoms with Crippen LogP contribution in [-0.4, -0.2) is 56.4 Å². The highest BCUT2D eigenvalue weighted by molar-refractivity contribution is 7.91. The first kappa shape index (κ1) is 12.6. The fraction of sp³-hybridized carbons (Fsp3) is 0.727. The molecule has 2 rings (SSSR count). The minimum Gasteiger partial charge on any atom is -0.339 e. The number of amides is 1. The summed E-state index contributed by atoms with van der Waals surface area (Å²) in [5.41, 5.74) is 0. The van der Waals surface area contributed by atoms with E-state index < -0.39 is 9.84 Å². The van der Waals surface area contributed by atoms with Crippen LogP contribution >= 0.6 is 0 Å². The average molecular weight is 258 g/mol. The van der Waals surface area contributed by atoms with Crippen molar-refractivity contribution in [1.82, 2.24) is 10.2 Å². The first-order valence-corrected chi connectivity index (χ1v) is 7.75. The summed E-state index contributed by atoms with van der Waals surface area (Å²) in [6.45, 7) is 1.85. The maximum Gasteiger partial charge on any atom is 0.224 e. The number of sulfone groups is 1. The Balaban J connectivity index is 1.88. The van der Waals surface area contributed by atoms with Gasteiger partial charge in [-0.3, -0.25) is 4.79 Å². The molecule has 17 heavy (non-hydrogen) atoms. The van der Waals surface area contributed by atoms with Gasteiger partial charge in [-0.2, -0.15) is 0 Å². The van der Waals surface area contributed by atoms with E-state index in [1.165, 1.54) is 0 Å². The number of nitrogens with one attached hydrogen (secondary N) is 1. The predicted molar refractivity (Wildman–Crippen MR) is 65.4 cm³/mol. The van der Waals surface area contributed by atoms with Crippen LogP contribution in [0.5, 0.6) is 0 Å². The van der Waals surface area contributed by atoms with Crippen molar-refractivity contribution in [2.75, 3.05) is 31.1 Å². The van der Waals surface area contributed by atoms with Crippen LogP contribution in [0.1, 0.15) is 12.8 Å². The summed E-state index contributed by atoms with van der Waals surface area (Å²) < 4.78 is 22.9. The molecule has 0 aromatic carbocycles. The van der Waals surface area contributed by atoms with E-state index in [4.69, 9.17) is 0 Å². The smallest absolute Gasteiger partial charge is 0.224 e. The summed E-state index contributed by atoms with van der Waals surface area (Å²) in [5, 5.41) is 3.10. The molecule has 1 amide bonds. The van der Waals surface area contributed by atoms with Crippen LogP contribution in [0.3, 0.4) is 0 Å². The van der Waals surface area contributed by atoms with Crippen molar-refractivity contribution in [3.8, 4) is 0 Å². The van der Waals surface area contributed by atoms with Gasteiger partial charge in [-0.25, -0.2) is 8.42 Å². The van der Waals surface area contributed by atoms with Crippen molar-refractivity contribution >= 4 is 15.7 Å². The SMILES string of the molecule is O=C(CC1CS(=O)(=O)CCN1)N1CC=CCC1. The molecule has 0 spiro atoms. The van der Waals surface area contributed by atoms with Gasteiger partial charge in [0.15, 0.2) is 9.84 Å². The zero-order chi connectivity index (χ0) is 12.3. The summed E-state index contributed by atoms with van der Waals surface area (Å²) in [5.74, 6) is 0.316. The predicted octanol–water partition coefficient (Wildman–Crippen LogP) is -0.448. The Hall–Kier alpha value is -0.880. The van der Waals surface area contributed by atoms with Crippen molar-refractivity contribution in [2.24, 2.45) is 0 Å². The molecule has 0 aromatic heterocycles. The summed E-state index contributed by atoms with van der Waals surface area (Å²) >= 11 is 0. The second-order valence-corrected chi connectivity index (χ2v) is 6.80. The molecule has 2 aliphatic rings. The van der Waals surface area contributed by atoms with Crippen molar-refractivity contribution in [1.29, 1.82) is 0 Å². The maximum atomic E-state index is 11.9. The lowest BCUT2D eigenvalue weighted by Gasteiger charge is -2.28. The van der Waals surface area contributed by atoms with Crippen molar-refractivity contribution in [2.45, 2.75) is 18.9 Å². The number of hydrogen-bond donors (Lipinski definition) is 1. The number of carbonyl (C=O) groups excluding carboxylic acids is 1. The van der Waals surface area contributed by atoms with Crippen LogP contribution in [0.2, 0.25) is 0 Å². The third-order valence-electron chi connectivity index (χ3n) is 3.13. The fourth-order valence-corrected chi connectivity index (χ4v) is 3.65. The molecule has 1 atom stereocenters. The molecule has 96 valence electrons. The molecule has 2 aliphatic heterocycles. The molecule has 0 aliphatic carbocycles. The average Bonchev–Trinajstić information content (AvgIpc) is 2.29. The van der Waals surface area contributed by atoms with Crippen LogP contribution in [0.4, 0.5) is 0 Å². The molecular formula is C11H18N2O3S. The lowest BCUT2D eigenvalue weighted by Crippen LogP contribution is -2.48. The molecule has 1 unspecified atom stereocenters. The summed E-state index contributed by atoms with van der Waals surface area (Å²) in [6.07, 6.45) is 5.22. The van der Waals surface area contributed by atoms with E-state index in [0.29, 0.717) is 13.1 Å². The number of nitrogens with zero attached hydrogens (tertiary/aromatic N) is 1. The topological polar surface area (TPSA) is 66.5 Å². The van der Waals surface area contributed by atoms with E-state index in [1.54, 1.807) is 4.90 Å². The molecule has 1 N–H and O–H groups in total. The van der Waals surface area contributed by atoms with Crippen molar-refractivity contribution in [3.63, 3.8) is 0 Å². The van der Waals surface area contributed by atoms with E-state index in [1.807, 2.05) is 6.08 Å². The molecule has 0 aromatic rings. The second kappa shape index (κ2) is 5.18. The molecule has 5 nitrogen and oxygen atoms in total. The maximum absolute atomic E-state index is 11.9. The lowest BCUT2D eigenvalue weighted by molar-refractivity contribution is -0.131. The standard InChI is InChI=1S/C11H18N2O3S/c14-11(13-5-2-1-3-6-13)8-10-9-17(15,16)7-4-12-10/h1-2,10,12H,3-9H2. The van der Waals surface area contributed by atoms with E-state index in [9.17, 15) is 13.2 Å². The van der Waals surface area contributed by atoms with Crippen molar-refractivity contribution in [3.05, 3.63) is 12.2 Å². The largest absolute Gasteiger partial charge is 0.339 e. The van der Waals surface area contributed by atoms with Gasteiger partial charge >= 0.3 is 0 Å². The van der Waals surface area contributed by atoms with Gasteiger partial charge in [0.1, 0.15) is 0 Å². The Morgan fingerprint density at radius 2 is 2.24 bits per heavy atom. The van der Waals surface area contributed by atoms with Crippen LogP contribution in [0.15, 0.2) is 12.2 Å². The Morgan fingerprint density at radius 1 is 1.41 bits per heavy atom. The third-order valence-corrected chi connectivity index (χ3v) is 4.87. The highest BCUT2D eigenvalue weighted by Crippen LogP contribution is 2.09. The first-order valence-electron chi connectivity index (χ1n) is 5.93. The summed E-state index contributed by atoms with van der Waals surface area (Å²) in [4.78, 5) is 13.7. The molecule has 6 heteroatoms. The molecule has 0 radical (unpaired) electrons. The van der Waals surface area contributed by atoms with Gasteiger partial charge in [0.2, 0.25) is 5.91 Å². The normalized spacial score (nSPS) is 28.0. The first-order chi connectivity index (χ1) is 8.07. The van der Waals surface area contributed by atoms with Crippen LogP contribution < -0.4 is 5.32 Å². The molecule has 1 saturated heterocycles. The summed E-state index contributed by atoms with van der Waals surface area (Å²) in [6, 6.07) is -0.216. The molecule has 0 saturated carbocycles. The van der Waals surface area contributed by atoms with E-state index in [2.05, 4.69) is 11.4 Å². The van der Waals surface area contributed by atoms with Gasteiger partial charge in [-0.05, 0) is 6.42 Å². The Kier molecular flexibility index (Phi) is 3.83. The Morgan fingerprint density at radius 3 is 2.88 bits per heavy atom. The Bertz CT molecular complexity index is 416. The summed E-state index contributed by atoms with van der Waals surface area (Å²) in [7, 11) is -2.96. The number of carbonyl (C=O) groups is 1. The van der Waals surface area contributed by atoms with Gasteiger partial charge in [0.05, 0.1) is 11.5 Å². The number of rotatable bonds is 2. The van der Waals surface area contributed by atoms with Crippen LogP contribution in [-0.2, 0) is 14.6 Å². The molecule has 2 heterocycles. The quantitative estimate of drug-likeness (QED) is 0.681. The van der Waals surface area contributed by atoms with Gasteiger partial charge in [-0.15, -0.1) is 0 Å². The third kappa shape index (κ3) is 3.54. The van der Waals surface area contributed by atoms with Gasteiger partial charge in [0.25, 0.3) is 0 Å². The van der Waals surface area contributed by atoms with Crippen LogP contribution in [0, 0.1) is 0 Å². The molecular weight excluding hydrogens is 240 g/mol. The number of hydrogen-bond acceptors (Lipinski definition) is 4. The molecule has 1 fully saturated rings. The second-order valence-electron chi connectivity index (χ2n) is 4.57. The zero-order valence-electron chi connectivity index (χ0n) is 9.76. The molecule has 0 bridgehead atoms. The minimum absolute atomic E-state index is 0.0453. The van der Waals surface area contributed by atoms with Gasteiger partial charge in [0, 0.05) is 32.1 Å². The van der Waals surface area contributed by atoms with Gasteiger partial charge < -0.3 is 10.2 Å². The monoisotopic (exact) mass is 258 g/mol. The van der Waals surface area contributed by atoms with Crippen LogP contribution in [0.25, 0.3) is 0 Å². The zero-order valence-corrected chi connectivity index (χ0v) is 10.6. The minimum atomic E-state index is -2.96. The Labute approximate surface area is 102 Å². The highest BCUT2D eigenvalue weighted by atomic mass is 32.2. The van der Waals surface area contributed by atoms with E-state index in [0.717, 1.165) is 13.0 Å². The lowest BCUT2D eigenvalue weighted by atomic mass is 10.1.